The molecule has 1 N–H and O–H groups in total. The number of halogens is 1. The average molecular weight is 317 g/mol. The summed E-state index contributed by atoms with van der Waals surface area (Å²) < 4.78 is 0. The Bertz CT molecular complexity index is 594. The molecule has 0 unspecified atom stereocenters. The number of aliphatic carboxylic acids is 1. The normalized spacial score (nSPS) is 18.1. The van der Waals surface area contributed by atoms with Gasteiger partial charge in [-0.15, -0.1) is 11.8 Å². The predicted octanol–water partition coefficient (Wildman–Crippen LogP) is 1.85. The van der Waals surface area contributed by atoms with Crippen molar-refractivity contribution in [1.29, 1.82) is 0 Å². The van der Waals surface area contributed by atoms with Crippen molar-refractivity contribution >= 4 is 40.9 Å². The number of hydrogen-bond donors (Lipinski definition) is 1. The molecule has 1 fully saturated rings. The molecular formula is C11H9ClN2O5S. The van der Waals surface area contributed by atoms with E-state index < -0.39 is 22.8 Å². The number of carbonyl (C=O) groups excluding carboxylic acids is 1. The summed E-state index contributed by atoms with van der Waals surface area (Å²) in [5.74, 6) is -1.22. The first-order chi connectivity index (χ1) is 9.43. The summed E-state index contributed by atoms with van der Waals surface area (Å²) in [6, 6.07) is 2.94. The molecule has 20 heavy (non-hydrogen) atoms. The van der Waals surface area contributed by atoms with Gasteiger partial charge >= 0.3 is 5.97 Å². The highest BCUT2D eigenvalue weighted by Crippen LogP contribution is 2.31. The van der Waals surface area contributed by atoms with E-state index in [0.717, 1.165) is 4.90 Å². The van der Waals surface area contributed by atoms with Crippen LogP contribution in [-0.2, 0) is 4.79 Å². The van der Waals surface area contributed by atoms with E-state index in [0.29, 0.717) is 0 Å². The molecule has 1 aliphatic rings. The number of nitro groups is 1. The lowest BCUT2D eigenvalue weighted by Crippen LogP contribution is -2.41. The minimum Gasteiger partial charge on any atom is -0.480 e. The number of rotatable bonds is 3. The fourth-order valence-electron chi connectivity index (χ4n) is 1.83. The van der Waals surface area contributed by atoms with Gasteiger partial charge in [0.1, 0.15) is 11.1 Å². The molecular weight excluding hydrogens is 308 g/mol. The second kappa shape index (κ2) is 5.68. The molecule has 2 rings (SSSR count). The lowest BCUT2D eigenvalue weighted by Gasteiger charge is -2.20. The van der Waals surface area contributed by atoms with Crippen LogP contribution in [0.15, 0.2) is 18.2 Å². The van der Waals surface area contributed by atoms with Crippen LogP contribution in [0.2, 0.25) is 5.02 Å². The first-order valence-electron chi connectivity index (χ1n) is 5.48. The van der Waals surface area contributed by atoms with Crippen LogP contribution >= 0.6 is 23.4 Å². The first kappa shape index (κ1) is 14.6. The fraction of sp³-hybridized carbons (Fsp3) is 0.273. The Hall–Kier alpha value is -1.80. The molecule has 1 aliphatic heterocycles. The van der Waals surface area contributed by atoms with E-state index >= 15 is 0 Å². The molecule has 9 heteroatoms. The van der Waals surface area contributed by atoms with Crippen molar-refractivity contribution in [2.45, 2.75) is 6.04 Å². The molecule has 1 aromatic carbocycles. The molecule has 1 amide bonds. The predicted molar refractivity (Wildman–Crippen MR) is 73.0 cm³/mol. The molecule has 106 valence electrons. The third-order valence-corrected chi connectivity index (χ3v) is 4.24. The topological polar surface area (TPSA) is 101 Å². The molecule has 0 spiro atoms. The highest BCUT2D eigenvalue weighted by atomic mass is 35.5. The van der Waals surface area contributed by atoms with Gasteiger partial charge in [-0.05, 0) is 6.07 Å². The average Bonchev–Trinajstić information content (AvgIpc) is 2.87. The quantitative estimate of drug-likeness (QED) is 0.674. The first-order valence-corrected chi connectivity index (χ1v) is 7.01. The zero-order valence-electron chi connectivity index (χ0n) is 9.98. The number of thioether (sulfide) groups is 1. The van der Waals surface area contributed by atoms with Gasteiger partial charge in [0.2, 0.25) is 0 Å². The summed E-state index contributed by atoms with van der Waals surface area (Å²) in [6.07, 6.45) is 0. The number of nitro benzene ring substituents is 1. The van der Waals surface area contributed by atoms with Gasteiger partial charge in [0.05, 0.1) is 16.4 Å². The third-order valence-electron chi connectivity index (χ3n) is 2.83. The largest absolute Gasteiger partial charge is 0.480 e. The van der Waals surface area contributed by atoms with Gasteiger partial charge in [0.25, 0.3) is 11.6 Å². The van der Waals surface area contributed by atoms with Crippen LogP contribution in [-0.4, -0.2) is 44.5 Å². The SMILES string of the molecule is O=C(O)[C@@H]1CSCN1C(=O)c1cccc([N+](=O)[O-])c1Cl. The van der Waals surface area contributed by atoms with E-state index in [1.165, 1.54) is 30.0 Å². The zero-order valence-corrected chi connectivity index (χ0v) is 11.6. The summed E-state index contributed by atoms with van der Waals surface area (Å²) in [5, 5.41) is 19.6. The summed E-state index contributed by atoms with van der Waals surface area (Å²) in [6.45, 7) is 0. The Balaban J connectivity index is 2.37. The van der Waals surface area contributed by atoms with Crippen molar-refractivity contribution in [2.75, 3.05) is 11.6 Å². The monoisotopic (exact) mass is 316 g/mol. The molecule has 1 atom stereocenters. The van der Waals surface area contributed by atoms with Gasteiger partial charge in [-0.25, -0.2) is 4.79 Å². The minimum absolute atomic E-state index is 0.0605. The Morgan fingerprint density at radius 1 is 1.50 bits per heavy atom. The van der Waals surface area contributed by atoms with E-state index in [9.17, 15) is 19.7 Å². The number of benzene rings is 1. The maximum atomic E-state index is 12.3. The molecule has 1 heterocycles. The Morgan fingerprint density at radius 3 is 2.80 bits per heavy atom. The minimum atomic E-state index is -1.11. The molecule has 0 aliphatic carbocycles. The van der Waals surface area contributed by atoms with Gasteiger partial charge in [-0.3, -0.25) is 14.9 Å². The van der Waals surface area contributed by atoms with Crippen molar-refractivity contribution in [3.05, 3.63) is 38.9 Å². The van der Waals surface area contributed by atoms with Crippen molar-refractivity contribution in [3.63, 3.8) is 0 Å². The van der Waals surface area contributed by atoms with Crippen LogP contribution in [0.5, 0.6) is 0 Å². The van der Waals surface area contributed by atoms with Crippen molar-refractivity contribution in [1.82, 2.24) is 4.90 Å². The second-order valence-corrected chi connectivity index (χ2v) is 5.40. The van der Waals surface area contributed by atoms with Crippen LogP contribution in [0.1, 0.15) is 10.4 Å². The van der Waals surface area contributed by atoms with E-state index in [1.807, 2.05) is 0 Å². The molecule has 1 aromatic rings. The van der Waals surface area contributed by atoms with Gasteiger partial charge in [0.15, 0.2) is 0 Å². The van der Waals surface area contributed by atoms with Gasteiger partial charge in [-0.2, -0.15) is 0 Å². The Labute approximate surface area is 122 Å². The zero-order chi connectivity index (χ0) is 14.9. The second-order valence-electron chi connectivity index (χ2n) is 4.02. The summed E-state index contributed by atoms with van der Waals surface area (Å²) in [4.78, 5) is 34.6. The number of hydrogen-bond acceptors (Lipinski definition) is 5. The smallest absolute Gasteiger partial charge is 0.327 e. The Morgan fingerprint density at radius 2 is 2.20 bits per heavy atom. The van der Waals surface area contributed by atoms with Crippen molar-refractivity contribution < 1.29 is 19.6 Å². The molecule has 0 bridgehead atoms. The Kier molecular flexibility index (Phi) is 4.15. The van der Waals surface area contributed by atoms with Crippen LogP contribution in [0, 0.1) is 10.1 Å². The van der Waals surface area contributed by atoms with E-state index in [2.05, 4.69) is 0 Å². The highest BCUT2D eigenvalue weighted by molar-refractivity contribution is 7.99. The number of nitrogens with zero attached hydrogens (tertiary/aromatic N) is 2. The maximum Gasteiger partial charge on any atom is 0.327 e. The van der Waals surface area contributed by atoms with Gasteiger partial charge < -0.3 is 10.0 Å². The van der Waals surface area contributed by atoms with E-state index in [4.69, 9.17) is 16.7 Å². The van der Waals surface area contributed by atoms with E-state index in [-0.39, 0.29) is 27.9 Å². The lowest BCUT2D eigenvalue weighted by atomic mass is 10.1. The summed E-state index contributed by atoms with van der Waals surface area (Å²) in [7, 11) is 0. The maximum absolute atomic E-state index is 12.3. The number of carboxylic acids is 1. The number of carbonyl (C=O) groups is 2. The molecule has 0 radical (unpaired) electrons. The number of carboxylic acid groups (broad SMARTS) is 1. The van der Waals surface area contributed by atoms with Gasteiger partial charge in [-0.1, -0.05) is 17.7 Å². The lowest BCUT2D eigenvalue weighted by molar-refractivity contribution is -0.384. The van der Waals surface area contributed by atoms with Crippen molar-refractivity contribution in [2.24, 2.45) is 0 Å². The third kappa shape index (κ3) is 2.56. The van der Waals surface area contributed by atoms with Gasteiger partial charge in [0, 0.05) is 11.8 Å². The fourth-order valence-corrected chi connectivity index (χ4v) is 3.25. The molecule has 1 saturated heterocycles. The molecule has 0 aromatic heterocycles. The van der Waals surface area contributed by atoms with Crippen LogP contribution in [0.25, 0.3) is 0 Å². The van der Waals surface area contributed by atoms with Crippen LogP contribution in [0.3, 0.4) is 0 Å². The molecule has 0 saturated carbocycles. The highest BCUT2D eigenvalue weighted by Gasteiger charge is 2.36. The number of amides is 1. The van der Waals surface area contributed by atoms with Crippen LogP contribution < -0.4 is 0 Å². The van der Waals surface area contributed by atoms with Crippen molar-refractivity contribution in [3.8, 4) is 0 Å². The van der Waals surface area contributed by atoms with Crippen LogP contribution in [0.4, 0.5) is 5.69 Å². The standard InChI is InChI=1S/C11H9ClN2O5S/c12-9-6(2-1-3-7(9)14(18)19)10(15)13-5-20-4-8(13)11(16)17/h1-3,8H,4-5H2,(H,16,17)/t8-/m0/s1. The summed E-state index contributed by atoms with van der Waals surface area (Å²) >= 11 is 7.17. The van der Waals surface area contributed by atoms with E-state index in [1.54, 1.807) is 0 Å². The molecule has 7 nitrogen and oxygen atoms in total. The summed E-state index contributed by atoms with van der Waals surface area (Å²) in [5.41, 5.74) is -0.439.